The molecular formula is C16H16O4. The third kappa shape index (κ3) is 2.57. The van der Waals surface area contributed by atoms with Gasteiger partial charge in [-0.3, -0.25) is 0 Å². The van der Waals surface area contributed by atoms with Gasteiger partial charge in [-0.2, -0.15) is 0 Å². The fraction of sp³-hybridized carbons (Fsp3) is 0.375. The second-order valence-corrected chi connectivity index (χ2v) is 5.14. The van der Waals surface area contributed by atoms with Gasteiger partial charge in [-0.1, -0.05) is 24.3 Å². The Morgan fingerprint density at radius 1 is 0.800 bits per heavy atom. The van der Waals surface area contributed by atoms with Crippen molar-refractivity contribution in [1.29, 1.82) is 0 Å². The van der Waals surface area contributed by atoms with Crippen LogP contribution in [-0.2, 0) is 9.47 Å². The second kappa shape index (κ2) is 4.96. The molecule has 4 rings (SSSR count). The van der Waals surface area contributed by atoms with Gasteiger partial charge in [0.2, 0.25) is 0 Å². The molecule has 0 unspecified atom stereocenters. The van der Waals surface area contributed by atoms with Crippen molar-refractivity contribution in [2.45, 2.75) is 12.2 Å². The van der Waals surface area contributed by atoms with Crippen LogP contribution in [0, 0.1) is 0 Å². The van der Waals surface area contributed by atoms with E-state index in [0.29, 0.717) is 13.2 Å². The third-order valence-corrected chi connectivity index (χ3v) is 3.50. The van der Waals surface area contributed by atoms with Gasteiger partial charge >= 0.3 is 0 Å². The lowest BCUT2D eigenvalue weighted by Gasteiger charge is -2.11. The summed E-state index contributed by atoms with van der Waals surface area (Å²) in [4.78, 5) is 0. The molecule has 0 saturated carbocycles. The van der Waals surface area contributed by atoms with Crippen LogP contribution in [0.5, 0.6) is 11.5 Å². The van der Waals surface area contributed by atoms with E-state index in [9.17, 15) is 0 Å². The zero-order valence-electron chi connectivity index (χ0n) is 11.1. The van der Waals surface area contributed by atoms with Gasteiger partial charge in [-0.05, 0) is 12.1 Å². The van der Waals surface area contributed by atoms with Crippen molar-refractivity contribution in [3.8, 4) is 11.5 Å². The van der Waals surface area contributed by atoms with E-state index >= 15 is 0 Å². The molecule has 2 aromatic carbocycles. The molecule has 2 saturated heterocycles. The first-order valence-electron chi connectivity index (χ1n) is 6.91. The van der Waals surface area contributed by atoms with E-state index in [1.54, 1.807) is 0 Å². The Labute approximate surface area is 117 Å². The number of rotatable bonds is 6. The maximum Gasteiger partial charge on any atom is 0.127 e. The van der Waals surface area contributed by atoms with Crippen molar-refractivity contribution in [3.63, 3.8) is 0 Å². The van der Waals surface area contributed by atoms with Crippen LogP contribution in [0.3, 0.4) is 0 Å². The fourth-order valence-electron chi connectivity index (χ4n) is 2.20. The Kier molecular flexibility index (Phi) is 2.98. The maximum absolute atomic E-state index is 5.83. The Morgan fingerprint density at radius 3 is 1.65 bits per heavy atom. The molecule has 2 fully saturated rings. The SMILES string of the molecule is c1cc(OC[C@H]2CO2)c2cccc(OC[C@H]3CO3)c2c1. The molecule has 0 radical (unpaired) electrons. The van der Waals surface area contributed by atoms with Crippen molar-refractivity contribution < 1.29 is 18.9 Å². The van der Waals surface area contributed by atoms with Crippen LogP contribution in [0.1, 0.15) is 0 Å². The predicted octanol–water partition coefficient (Wildman–Crippen LogP) is 2.40. The minimum absolute atomic E-state index is 0.261. The largest absolute Gasteiger partial charge is 0.490 e. The van der Waals surface area contributed by atoms with E-state index in [1.165, 1.54) is 0 Å². The molecule has 2 aliphatic rings. The summed E-state index contributed by atoms with van der Waals surface area (Å²) >= 11 is 0. The normalized spacial score (nSPS) is 23.6. The summed E-state index contributed by atoms with van der Waals surface area (Å²) in [6, 6.07) is 12.1. The summed E-state index contributed by atoms with van der Waals surface area (Å²) in [7, 11) is 0. The molecule has 2 heterocycles. The third-order valence-electron chi connectivity index (χ3n) is 3.50. The van der Waals surface area contributed by atoms with Gasteiger partial charge in [0, 0.05) is 10.8 Å². The standard InChI is InChI=1S/C16H16O4/c1-3-13-14(15(5-1)19-9-11-7-17-11)4-2-6-16(13)20-10-12-8-18-12/h1-6,11-12H,7-10H2/t11-,12-/m1/s1. The van der Waals surface area contributed by atoms with Crippen LogP contribution < -0.4 is 9.47 Å². The van der Waals surface area contributed by atoms with Crippen molar-refractivity contribution in [3.05, 3.63) is 36.4 Å². The lowest BCUT2D eigenvalue weighted by Crippen LogP contribution is -2.05. The van der Waals surface area contributed by atoms with Gasteiger partial charge in [-0.25, -0.2) is 0 Å². The van der Waals surface area contributed by atoms with E-state index in [4.69, 9.17) is 18.9 Å². The van der Waals surface area contributed by atoms with Crippen molar-refractivity contribution in [2.24, 2.45) is 0 Å². The van der Waals surface area contributed by atoms with E-state index < -0.39 is 0 Å². The number of fused-ring (bicyclic) bond motifs is 1. The summed E-state index contributed by atoms with van der Waals surface area (Å²) in [5, 5.41) is 2.14. The zero-order chi connectivity index (χ0) is 13.4. The Balaban J connectivity index is 1.60. The molecule has 4 nitrogen and oxygen atoms in total. The molecule has 104 valence electrons. The molecule has 0 bridgehead atoms. The van der Waals surface area contributed by atoms with Crippen LogP contribution >= 0.6 is 0 Å². The van der Waals surface area contributed by atoms with Crippen LogP contribution in [0.4, 0.5) is 0 Å². The first-order valence-corrected chi connectivity index (χ1v) is 6.91. The molecule has 2 aliphatic heterocycles. The molecule has 0 amide bonds. The van der Waals surface area contributed by atoms with Gasteiger partial charge in [0.25, 0.3) is 0 Å². The summed E-state index contributed by atoms with van der Waals surface area (Å²) in [5.74, 6) is 1.76. The Hall–Kier alpha value is -1.78. The number of benzene rings is 2. The topological polar surface area (TPSA) is 43.5 Å². The highest BCUT2D eigenvalue weighted by atomic mass is 16.6. The van der Waals surface area contributed by atoms with Crippen LogP contribution in [0.2, 0.25) is 0 Å². The minimum atomic E-state index is 0.261. The summed E-state index contributed by atoms with van der Waals surface area (Å²) in [5.41, 5.74) is 0. The molecule has 0 spiro atoms. The van der Waals surface area contributed by atoms with Crippen LogP contribution in [-0.4, -0.2) is 38.6 Å². The highest BCUT2D eigenvalue weighted by Gasteiger charge is 2.24. The molecule has 0 aromatic heterocycles. The van der Waals surface area contributed by atoms with Crippen molar-refractivity contribution in [1.82, 2.24) is 0 Å². The smallest absolute Gasteiger partial charge is 0.127 e. The van der Waals surface area contributed by atoms with Gasteiger partial charge < -0.3 is 18.9 Å². The molecule has 4 heteroatoms. The van der Waals surface area contributed by atoms with Gasteiger partial charge in [0.05, 0.1) is 13.2 Å². The number of ether oxygens (including phenoxy) is 4. The summed E-state index contributed by atoms with van der Waals surface area (Å²) in [6.45, 7) is 2.83. The summed E-state index contributed by atoms with van der Waals surface area (Å²) < 4.78 is 22.0. The number of hydrogen-bond donors (Lipinski definition) is 0. The lowest BCUT2D eigenvalue weighted by atomic mass is 10.1. The van der Waals surface area contributed by atoms with E-state index in [-0.39, 0.29) is 12.2 Å². The lowest BCUT2D eigenvalue weighted by molar-refractivity contribution is 0.263. The molecule has 2 aromatic rings. The zero-order valence-corrected chi connectivity index (χ0v) is 11.1. The second-order valence-electron chi connectivity index (χ2n) is 5.14. The van der Waals surface area contributed by atoms with Gasteiger partial charge in [0.1, 0.15) is 36.9 Å². The highest BCUT2D eigenvalue weighted by Crippen LogP contribution is 2.33. The van der Waals surface area contributed by atoms with E-state index in [0.717, 1.165) is 35.5 Å². The number of epoxide rings is 2. The Bertz CT molecular complexity index is 562. The van der Waals surface area contributed by atoms with E-state index in [2.05, 4.69) is 12.1 Å². The average molecular weight is 272 g/mol. The minimum Gasteiger partial charge on any atom is -0.490 e. The van der Waals surface area contributed by atoms with Gasteiger partial charge in [0.15, 0.2) is 0 Å². The molecule has 20 heavy (non-hydrogen) atoms. The molecule has 2 atom stereocenters. The average Bonchev–Trinajstić information content (AvgIpc) is 3.37. The summed E-state index contributed by atoms with van der Waals surface area (Å²) in [6.07, 6.45) is 0.522. The van der Waals surface area contributed by atoms with Crippen LogP contribution in [0.15, 0.2) is 36.4 Å². The van der Waals surface area contributed by atoms with E-state index in [1.807, 2.05) is 24.3 Å². The van der Waals surface area contributed by atoms with Crippen LogP contribution in [0.25, 0.3) is 10.8 Å². The molecule has 0 N–H and O–H groups in total. The first-order chi connectivity index (χ1) is 9.90. The monoisotopic (exact) mass is 272 g/mol. The van der Waals surface area contributed by atoms with Crippen molar-refractivity contribution in [2.75, 3.05) is 26.4 Å². The number of hydrogen-bond acceptors (Lipinski definition) is 4. The first kappa shape index (κ1) is 12.0. The maximum atomic E-state index is 5.83. The fourth-order valence-corrected chi connectivity index (χ4v) is 2.20. The molecule has 0 aliphatic carbocycles. The quantitative estimate of drug-likeness (QED) is 0.757. The predicted molar refractivity (Wildman–Crippen MR) is 74.4 cm³/mol. The Morgan fingerprint density at radius 2 is 1.25 bits per heavy atom. The van der Waals surface area contributed by atoms with Crippen molar-refractivity contribution >= 4 is 10.8 Å². The highest BCUT2D eigenvalue weighted by molar-refractivity contribution is 5.93. The van der Waals surface area contributed by atoms with Gasteiger partial charge in [-0.15, -0.1) is 0 Å². The molecular weight excluding hydrogens is 256 g/mol.